The fraction of sp³-hybridized carbons (Fsp3) is 1.00. The van der Waals surface area contributed by atoms with Gasteiger partial charge in [-0.2, -0.15) is 12.6 Å². The van der Waals surface area contributed by atoms with E-state index in [2.05, 4.69) is 4.90 Å². The maximum absolute atomic E-state index is 5.29. The van der Waals surface area contributed by atoms with Gasteiger partial charge in [-0.1, -0.05) is 25.7 Å². The summed E-state index contributed by atoms with van der Waals surface area (Å²) in [6.45, 7) is 4.77. The Morgan fingerprint density at radius 1 is 1.11 bits per heavy atom. The zero-order valence-electron chi connectivity index (χ0n) is 12.6. The third-order valence-electron chi connectivity index (χ3n) is 5.17. The quantitative estimate of drug-likeness (QED) is 0.612. The lowest BCUT2D eigenvalue weighted by molar-refractivity contribution is 0.0743. The maximum atomic E-state index is 5.29. The highest BCUT2D eigenvalue weighted by molar-refractivity contribution is 7.80. The number of likely N-dealkylation sites (tertiary alicyclic amines) is 1. The molecule has 2 nitrogen and oxygen atoms in total. The summed E-state index contributed by atoms with van der Waals surface area (Å²) in [5, 5.41) is 0. The average Bonchev–Trinajstić information content (AvgIpc) is 2.68. The molecule has 0 aromatic rings. The number of piperidine rings is 1. The summed E-state index contributed by atoms with van der Waals surface area (Å²) in [5.41, 5.74) is 0.508. The molecule has 0 atom stereocenters. The third kappa shape index (κ3) is 4.64. The van der Waals surface area contributed by atoms with E-state index in [0.717, 1.165) is 18.3 Å². The van der Waals surface area contributed by atoms with Crippen molar-refractivity contribution in [3.05, 3.63) is 0 Å². The minimum absolute atomic E-state index is 0.508. The lowest BCUT2D eigenvalue weighted by atomic mass is 9.81. The van der Waals surface area contributed by atoms with Crippen LogP contribution in [0.1, 0.15) is 51.4 Å². The van der Waals surface area contributed by atoms with Crippen LogP contribution in [-0.2, 0) is 4.74 Å². The van der Waals surface area contributed by atoms with E-state index < -0.39 is 0 Å². The van der Waals surface area contributed by atoms with E-state index in [0.29, 0.717) is 5.41 Å². The van der Waals surface area contributed by atoms with Crippen molar-refractivity contribution in [2.24, 2.45) is 11.3 Å². The molecular formula is C16H31NOS. The van der Waals surface area contributed by atoms with Crippen molar-refractivity contribution in [3.63, 3.8) is 0 Å². The Bertz CT molecular complexity index is 243. The first kappa shape index (κ1) is 15.7. The second kappa shape index (κ2) is 7.90. The van der Waals surface area contributed by atoms with Crippen LogP contribution in [0, 0.1) is 11.3 Å². The number of rotatable bonds is 5. The first-order valence-electron chi connectivity index (χ1n) is 8.10. The summed E-state index contributed by atoms with van der Waals surface area (Å²) in [4.78, 5) is 2.70. The van der Waals surface area contributed by atoms with Crippen molar-refractivity contribution in [1.29, 1.82) is 0 Å². The fourth-order valence-electron chi connectivity index (χ4n) is 3.87. The smallest absolute Gasteiger partial charge is 0.0491 e. The number of methoxy groups -OCH3 is 1. The molecule has 0 amide bonds. The highest BCUT2D eigenvalue weighted by atomic mass is 32.1. The average molecular weight is 285 g/mol. The molecule has 1 aliphatic carbocycles. The van der Waals surface area contributed by atoms with Crippen LogP contribution in [0.5, 0.6) is 0 Å². The van der Waals surface area contributed by atoms with Crippen LogP contribution in [0.25, 0.3) is 0 Å². The van der Waals surface area contributed by atoms with Crippen LogP contribution in [-0.4, -0.2) is 44.0 Å². The molecule has 112 valence electrons. The van der Waals surface area contributed by atoms with Crippen LogP contribution in [0.15, 0.2) is 0 Å². The molecule has 2 rings (SSSR count). The number of thiol groups is 1. The van der Waals surface area contributed by atoms with Crippen molar-refractivity contribution in [2.45, 2.75) is 51.4 Å². The minimum Gasteiger partial charge on any atom is -0.384 e. The Balaban J connectivity index is 1.82. The van der Waals surface area contributed by atoms with Crippen molar-refractivity contribution < 1.29 is 4.74 Å². The van der Waals surface area contributed by atoms with Crippen LogP contribution in [0.4, 0.5) is 0 Å². The highest BCUT2D eigenvalue weighted by Crippen LogP contribution is 2.37. The van der Waals surface area contributed by atoms with Crippen molar-refractivity contribution in [2.75, 3.05) is 39.1 Å². The van der Waals surface area contributed by atoms with Gasteiger partial charge >= 0.3 is 0 Å². The molecular weight excluding hydrogens is 254 g/mol. The van der Waals surface area contributed by atoms with Gasteiger partial charge < -0.3 is 9.64 Å². The maximum Gasteiger partial charge on any atom is 0.0491 e. The second-order valence-electron chi connectivity index (χ2n) is 6.75. The van der Waals surface area contributed by atoms with Gasteiger partial charge in [0, 0.05) is 20.3 Å². The Kier molecular flexibility index (Phi) is 6.51. The van der Waals surface area contributed by atoms with Crippen LogP contribution in [0.2, 0.25) is 0 Å². The molecule has 0 radical (unpaired) electrons. The number of nitrogens with zero attached hydrogens (tertiary/aromatic N) is 1. The molecule has 0 bridgehead atoms. The fourth-order valence-corrected chi connectivity index (χ4v) is 4.28. The van der Waals surface area contributed by atoms with Gasteiger partial charge in [-0.15, -0.1) is 0 Å². The molecule has 0 unspecified atom stereocenters. The zero-order chi connectivity index (χ0) is 13.6. The molecule has 1 aliphatic heterocycles. The molecule has 1 saturated heterocycles. The SMILES string of the molecule is COCC1CCN(CC2(CS)CCCCCC2)CC1. The molecule has 0 spiro atoms. The Labute approximate surface area is 124 Å². The summed E-state index contributed by atoms with van der Waals surface area (Å²) in [7, 11) is 1.83. The zero-order valence-corrected chi connectivity index (χ0v) is 13.5. The standard InChI is InChI=1S/C16H31NOS/c1-18-12-15-6-10-17(11-7-15)13-16(14-19)8-4-2-3-5-9-16/h15,19H,2-14H2,1H3. The highest BCUT2D eigenvalue weighted by Gasteiger charge is 2.32. The van der Waals surface area contributed by atoms with Gasteiger partial charge in [0.1, 0.15) is 0 Å². The second-order valence-corrected chi connectivity index (χ2v) is 7.06. The molecule has 0 aromatic heterocycles. The first-order valence-corrected chi connectivity index (χ1v) is 8.73. The van der Waals surface area contributed by atoms with Crippen molar-refractivity contribution >= 4 is 12.6 Å². The lowest BCUT2D eigenvalue weighted by Gasteiger charge is -2.40. The van der Waals surface area contributed by atoms with Crippen LogP contribution < -0.4 is 0 Å². The van der Waals surface area contributed by atoms with E-state index in [4.69, 9.17) is 17.4 Å². The Morgan fingerprint density at radius 3 is 2.26 bits per heavy atom. The van der Waals surface area contributed by atoms with E-state index in [1.807, 2.05) is 7.11 Å². The predicted octanol–water partition coefficient (Wildman–Crippen LogP) is 3.62. The molecule has 3 heteroatoms. The molecule has 1 saturated carbocycles. The van der Waals surface area contributed by atoms with Gasteiger partial charge in [-0.05, 0) is 55.9 Å². The number of ether oxygens (including phenoxy) is 1. The van der Waals surface area contributed by atoms with E-state index in [9.17, 15) is 0 Å². The lowest BCUT2D eigenvalue weighted by Crippen LogP contribution is -2.43. The molecule has 19 heavy (non-hydrogen) atoms. The summed E-state index contributed by atoms with van der Waals surface area (Å²) in [6, 6.07) is 0. The molecule has 2 aliphatic rings. The van der Waals surface area contributed by atoms with Crippen molar-refractivity contribution in [1.82, 2.24) is 4.90 Å². The van der Waals surface area contributed by atoms with Gasteiger partial charge in [0.15, 0.2) is 0 Å². The Hall–Kier alpha value is 0.270. The molecule has 0 aromatic carbocycles. The third-order valence-corrected chi connectivity index (χ3v) is 5.84. The summed E-state index contributed by atoms with van der Waals surface area (Å²) in [6.07, 6.45) is 11.1. The van der Waals surface area contributed by atoms with Crippen LogP contribution in [0.3, 0.4) is 0 Å². The molecule has 2 fully saturated rings. The topological polar surface area (TPSA) is 12.5 Å². The van der Waals surface area contributed by atoms with Gasteiger partial charge in [0.05, 0.1) is 0 Å². The van der Waals surface area contributed by atoms with Crippen molar-refractivity contribution in [3.8, 4) is 0 Å². The number of hydrogen-bond donors (Lipinski definition) is 1. The van der Waals surface area contributed by atoms with Gasteiger partial charge in [-0.3, -0.25) is 0 Å². The predicted molar refractivity (Wildman–Crippen MR) is 85.0 cm³/mol. The van der Waals surface area contributed by atoms with E-state index in [1.54, 1.807) is 0 Å². The monoisotopic (exact) mass is 285 g/mol. The molecule has 0 N–H and O–H groups in total. The van der Waals surface area contributed by atoms with Gasteiger partial charge in [0.2, 0.25) is 0 Å². The summed E-state index contributed by atoms with van der Waals surface area (Å²) in [5.74, 6) is 1.87. The van der Waals surface area contributed by atoms with E-state index in [1.165, 1.54) is 71.0 Å². The Morgan fingerprint density at radius 2 is 1.74 bits per heavy atom. The van der Waals surface area contributed by atoms with Gasteiger partial charge in [0.25, 0.3) is 0 Å². The normalized spacial score (nSPS) is 26.2. The minimum atomic E-state index is 0.508. The number of hydrogen-bond acceptors (Lipinski definition) is 3. The first-order chi connectivity index (χ1) is 9.28. The summed E-state index contributed by atoms with van der Waals surface area (Å²) >= 11 is 4.70. The largest absolute Gasteiger partial charge is 0.384 e. The van der Waals surface area contributed by atoms with Crippen LogP contribution >= 0.6 is 12.6 Å². The van der Waals surface area contributed by atoms with E-state index in [-0.39, 0.29) is 0 Å². The molecule has 1 heterocycles. The van der Waals surface area contributed by atoms with E-state index >= 15 is 0 Å². The summed E-state index contributed by atoms with van der Waals surface area (Å²) < 4.78 is 5.29. The van der Waals surface area contributed by atoms with Gasteiger partial charge in [-0.25, -0.2) is 0 Å².